The van der Waals surface area contributed by atoms with Crippen LogP contribution in [0, 0.1) is 6.92 Å². The zero-order valence-electron chi connectivity index (χ0n) is 11.0. The van der Waals surface area contributed by atoms with Crippen molar-refractivity contribution >= 4 is 5.71 Å². The number of nitrogens with two attached hydrogens (primary N) is 1. The van der Waals surface area contributed by atoms with Crippen LogP contribution in [0.5, 0.6) is 5.88 Å². The van der Waals surface area contributed by atoms with Gasteiger partial charge in [0.25, 0.3) is 5.88 Å². The van der Waals surface area contributed by atoms with Crippen molar-refractivity contribution in [2.24, 2.45) is 10.9 Å². The van der Waals surface area contributed by atoms with Crippen LogP contribution in [0.4, 0.5) is 0 Å². The lowest BCUT2D eigenvalue weighted by atomic mass is 10.1. The van der Waals surface area contributed by atoms with E-state index in [0.717, 1.165) is 0 Å². The number of aryl methyl sites for hydroxylation is 1. The van der Waals surface area contributed by atoms with Gasteiger partial charge in [0.1, 0.15) is 18.0 Å². The summed E-state index contributed by atoms with van der Waals surface area (Å²) in [5.41, 5.74) is 9.25. The lowest BCUT2D eigenvalue weighted by Gasteiger charge is -2.25. The van der Waals surface area contributed by atoms with Crippen molar-refractivity contribution in [2.75, 3.05) is 13.2 Å². The van der Waals surface area contributed by atoms with Gasteiger partial charge in [-0.3, -0.25) is 4.94 Å². The third-order valence-electron chi connectivity index (χ3n) is 2.46. The van der Waals surface area contributed by atoms with Crippen LogP contribution in [0.1, 0.15) is 19.5 Å². The zero-order chi connectivity index (χ0) is 13.9. The molecule has 1 aromatic heterocycles. The van der Waals surface area contributed by atoms with E-state index in [1.807, 2.05) is 0 Å². The van der Waals surface area contributed by atoms with E-state index in [1.54, 1.807) is 20.8 Å². The third-order valence-corrected chi connectivity index (χ3v) is 2.46. The van der Waals surface area contributed by atoms with Gasteiger partial charge in [0, 0.05) is 0 Å². The fourth-order valence-electron chi connectivity index (χ4n) is 1.34. The van der Waals surface area contributed by atoms with Crippen molar-refractivity contribution in [3.05, 3.63) is 5.69 Å². The minimum absolute atomic E-state index is 0.214. The molecule has 9 heteroatoms. The van der Waals surface area contributed by atoms with Crippen molar-refractivity contribution in [1.82, 2.24) is 15.8 Å². The summed E-state index contributed by atoms with van der Waals surface area (Å²) in [5, 5.41) is 10.9. The number of rotatable bonds is 6. The lowest BCUT2D eigenvalue weighted by molar-refractivity contribution is -0.0479. The molecule has 0 fully saturated rings. The number of hydroxylamine groups is 1. The van der Waals surface area contributed by atoms with Gasteiger partial charge in [-0.2, -0.15) is 0 Å². The Morgan fingerprint density at radius 1 is 1.37 bits per heavy atom. The maximum Gasteiger partial charge on any atom is 0.278 e. The molecule has 0 amide bonds. The Kier molecular flexibility index (Phi) is 3.98. The fraction of sp³-hybridized carbons (Fsp3) is 0.700. The highest BCUT2D eigenvalue weighted by Crippen LogP contribution is 2.13. The highest BCUT2D eigenvalue weighted by Gasteiger charge is 2.26. The lowest BCUT2D eigenvalue weighted by Crippen LogP contribution is -2.49. The molecular weight excluding hydrogens is 254 g/mol. The van der Waals surface area contributed by atoms with E-state index in [4.69, 9.17) is 15.2 Å². The van der Waals surface area contributed by atoms with Gasteiger partial charge in [0.05, 0.1) is 12.1 Å². The standard InChI is InChI=1S/C10H17N5O4/c1-6-8(14-18-12-6)16-4-10(3,11)5-17-9-7(2)13-19-15-9/h8,14H,4-5,11H2,1-3H3. The summed E-state index contributed by atoms with van der Waals surface area (Å²) >= 11 is 0. The molecule has 0 aromatic carbocycles. The van der Waals surface area contributed by atoms with Gasteiger partial charge in [-0.1, -0.05) is 15.8 Å². The van der Waals surface area contributed by atoms with E-state index < -0.39 is 11.8 Å². The van der Waals surface area contributed by atoms with Crippen molar-refractivity contribution in [3.63, 3.8) is 0 Å². The molecule has 0 spiro atoms. The molecule has 0 aliphatic carbocycles. The predicted molar refractivity (Wildman–Crippen MR) is 64.2 cm³/mol. The molecule has 2 rings (SSSR count). The molecule has 0 bridgehead atoms. The fourth-order valence-corrected chi connectivity index (χ4v) is 1.34. The van der Waals surface area contributed by atoms with E-state index in [-0.39, 0.29) is 13.2 Å². The number of oxime groups is 1. The van der Waals surface area contributed by atoms with Crippen molar-refractivity contribution in [2.45, 2.75) is 32.5 Å². The molecule has 0 saturated carbocycles. The number of nitrogens with zero attached hydrogens (tertiary/aromatic N) is 3. The summed E-state index contributed by atoms with van der Waals surface area (Å²) in [7, 11) is 0. The van der Waals surface area contributed by atoms with Gasteiger partial charge in [-0.25, -0.2) is 4.63 Å². The highest BCUT2D eigenvalue weighted by molar-refractivity contribution is 5.86. The Morgan fingerprint density at radius 3 is 2.74 bits per heavy atom. The van der Waals surface area contributed by atoms with Crippen LogP contribution >= 0.6 is 0 Å². The first kappa shape index (κ1) is 13.7. The smallest absolute Gasteiger partial charge is 0.278 e. The van der Waals surface area contributed by atoms with Gasteiger partial charge in [0.15, 0.2) is 6.23 Å². The van der Waals surface area contributed by atoms with Crippen LogP contribution in [0.3, 0.4) is 0 Å². The summed E-state index contributed by atoms with van der Waals surface area (Å²) < 4.78 is 15.5. The van der Waals surface area contributed by atoms with Gasteiger partial charge < -0.3 is 15.2 Å². The van der Waals surface area contributed by atoms with Crippen molar-refractivity contribution in [3.8, 4) is 5.88 Å². The number of ether oxygens (including phenoxy) is 2. The number of aromatic nitrogens is 2. The summed E-state index contributed by atoms with van der Waals surface area (Å²) in [6.07, 6.45) is -0.390. The van der Waals surface area contributed by atoms with Crippen LogP contribution < -0.4 is 16.0 Å². The number of nitrogens with one attached hydrogen (secondary N) is 1. The molecule has 1 aromatic rings. The Labute approximate surface area is 110 Å². The maximum atomic E-state index is 6.07. The number of hydrogen-bond donors (Lipinski definition) is 2. The zero-order valence-corrected chi connectivity index (χ0v) is 11.0. The summed E-state index contributed by atoms with van der Waals surface area (Å²) in [5.74, 6) is 0.330. The van der Waals surface area contributed by atoms with Crippen LogP contribution in [0.15, 0.2) is 9.78 Å². The SMILES string of the molecule is CC1=NONC1OCC(C)(N)COc1nonc1C. The molecule has 0 saturated heterocycles. The maximum absolute atomic E-state index is 6.07. The second-order valence-electron chi connectivity index (χ2n) is 4.73. The average Bonchev–Trinajstić information content (AvgIpc) is 2.93. The molecule has 1 aliphatic rings. The molecule has 9 nitrogen and oxygen atoms in total. The van der Waals surface area contributed by atoms with E-state index in [2.05, 4.69) is 30.5 Å². The minimum Gasteiger partial charge on any atom is -0.472 e. The van der Waals surface area contributed by atoms with Crippen LogP contribution in [-0.2, 0) is 9.68 Å². The summed E-state index contributed by atoms with van der Waals surface area (Å²) in [6, 6.07) is 0. The van der Waals surface area contributed by atoms with Crippen molar-refractivity contribution in [1.29, 1.82) is 0 Å². The van der Waals surface area contributed by atoms with E-state index in [1.165, 1.54) is 0 Å². The Balaban J connectivity index is 1.78. The molecule has 1 aliphatic heterocycles. The normalized spacial score (nSPS) is 21.7. The second kappa shape index (κ2) is 5.51. The van der Waals surface area contributed by atoms with Crippen molar-refractivity contribution < 1.29 is 19.0 Å². The monoisotopic (exact) mass is 271 g/mol. The second-order valence-corrected chi connectivity index (χ2v) is 4.73. The molecule has 106 valence electrons. The minimum atomic E-state index is -0.698. The molecule has 2 atom stereocenters. The number of hydrogen-bond acceptors (Lipinski definition) is 9. The predicted octanol–water partition coefficient (Wildman–Crippen LogP) is -0.272. The molecule has 3 N–H and O–H groups in total. The molecule has 0 radical (unpaired) electrons. The largest absolute Gasteiger partial charge is 0.472 e. The van der Waals surface area contributed by atoms with E-state index in [9.17, 15) is 0 Å². The van der Waals surface area contributed by atoms with Gasteiger partial charge in [-0.15, -0.1) is 0 Å². The van der Waals surface area contributed by atoms with Gasteiger partial charge in [-0.05, 0) is 25.9 Å². The molecule has 19 heavy (non-hydrogen) atoms. The first-order valence-electron chi connectivity index (χ1n) is 5.76. The first-order valence-corrected chi connectivity index (χ1v) is 5.76. The molecule has 2 unspecified atom stereocenters. The molecule has 2 heterocycles. The Morgan fingerprint density at radius 2 is 2.16 bits per heavy atom. The highest BCUT2D eigenvalue weighted by atomic mass is 16.8. The summed E-state index contributed by atoms with van der Waals surface area (Å²) in [4.78, 5) is 4.68. The Hall–Kier alpha value is -1.71. The van der Waals surface area contributed by atoms with Gasteiger partial charge >= 0.3 is 0 Å². The van der Waals surface area contributed by atoms with Crippen LogP contribution in [-0.4, -0.2) is 41.0 Å². The van der Waals surface area contributed by atoms with Gasteiger partial charge in [0.2, 0.25) is 0 Å². The topological polar surface area (TPSA) is 117 Å². The van der Waals surface area contributed by atoms with Crippen LogP contribution in [0.25, 0.3) is 0 Å². The Bertz CT molecular complexity index is 459. The van der Waals surface area contributed by atoms with Crippen LogP contribution in [0.2, 0.25) is 0 Å². The quantitative estimate of drug-likeness (QED) is 0.726. The first-order chi connectivity index (χ1) is 8.98. The van der Waals surface area contributed by atoms with E-state index in [0.29, 0.717) is 17.3 Å². The average molecular weight is 271 g/mol. The third kappa shape index (κ3) is 3.63. The molecular formula is C10H17N5O4. The summed E-state index contributed by atoms with van der Waals surface area (Å²) in [6.45, 7) is 5.80. The van der Waals surface area contributed by atoms with E-state index >= 15 is 0 Å².